The largest absolute Gasteiger partial charge is 0.480 e. The van der Waals surface area contributed by atoms with Crippen LogP contribution >= 0.6 is 0 Å². The molecule has 8 N–H and O–H groups in total. The summed E-state index contributed by atoms with van der Waals surface area (Å²) >= 11 is 0. The highest BCUT2D eigenvalue weighted by molar-refractivity contribution is 5.95. The Balaban J connectivity index is 5.54. The number of nitrogens with one attached hydrogen (secondary N) is 3. The minimum absolute atomic E-state index is 0.300. The molecule has 0 radical (unpaired) electrons. The molecule has 4 amide bonds. The third kappa shape index (κ3) is 9.21. The minimum Gasteiger partial charge on any atom is -0.480 e. The van der Waals surface area contributed by atoms with E-state index in [0.717, 1.165) is 0 Å². The van der Waals surface area contributed by atoms with Crippen LogP contribution in [0.2, 0.25) is 0 Å². The number of rotatable bonds is 14. The maximum absolute atomic E-state index is 13.0. The normalized spacial score (nSPS) is 16.8. The van der Waals surface area contributed by atoms with Crippen molar-refractivity contribution in [2.75, 3.05) is 0 Å². The molecule has 184 valence electrons. The maximum Gasteiger partial charge on any atom is 0.326 e. The lowest BCUT2D eigenvalue weighted by Gasteiger charge is -2.30. The molecule has 0 bridgehead atoms. The van der Waals surface area contributed by atoms with Crippen molar-refractivity contribution in [1.82, 2.24) is 16.0 Å². The molecule has 11 heteroatoms. The molecule has 0 heterocycles. The Morgan fingerprint density at radius 1 is 0.750 bits per heavy atom. The monoisotopic (exact) mass is 457 g/mol. The van der Waals surface area contributed by atoms with Gasteiger partial charge in [0.2, 0.25) is 23.6 Å². The summed E-state index contributed by atoms with van der Waals surface area (Å²) in [7, 11) is 0. The number of nitrogens with two attached hydrogens (primary N) is 2. The molecule has 6 unspecified atom stereocenters. The predicted octanol–water partition coefficient (Wildman–Crippen LogP) is -0.524. The van der Waals surface area contributed by atoms with Gasteiger partial charge in [0.1, 0.15) is 18.1 Å². The standard InChI is InChI=1S/C21H39N5O6/c1-7-11(5)16(20(30)26-17(21(31)32)12(6)8-2)25-19(29)15(10(3)4)24-18(28)13(22)9-14(23)27/h10-13,15-17H,7-9,22H2,1-6H3,(H2,23,27)(H,24,28)(H,25,29)(H,26,30)(H,31,32). The first kappa shape index (κ1) is 29.3. The van der Waals surface area contributed by atoms with Crippen molar-refractivity contribution in [3.8, 4) is 0 Å². The highest BCUT2D eigenvalue weighted by Gasteiger charge is 2.34. The summed E-state index contributed by atoms with van der Waals surface area (Å²) < 4.78 is 0. The first-order chi connectivity index (χ1) is 14.8. The van der Waals surface area contributed by atoms with E-state index >= 15 is 0 Å². The maximum atomic E-state index is 13.0. The fraction of sp³-hybridized carbons (Fsp3) is 0.762. The molecule has 0 aliphatic carbocycles. The quantitative estimate of drug-likeness (QED) is 0.202. The second kappa shape index (κ2) is 13.7. The molecule has 0 aromatic carbocycles. The van der Waals surface area contributed by atoms with Gasteiger partial charge in [-0.2, -0.15) is 0 Å². The highest BCUT2D eigenvalue weighted by Crippen LogP contribution is 2.13. The van der Waals surface area contributed by atoms with Crippen molar-refractivity contribution in [3.05, 3.63) is 0 Å². The Morgan fingerprint density at radius 2 is 1.16 bits per heavy atom. The third-order valence-corrected chi connectivity index (χ3v) is 5.57. The molecule has 0 rings (SSSR count). The van der Waals surface area contributed by atoms with Gasteiger partial charge in [0.05, 0.1) is 12.5 Å². The van der Waals surface area contributed by atoms with Gasteiger partial charge < -0.3 is 32.5 Å². The van der Waals surface area contributed by atoms with Crippen LogP contribution < -0.4 is 27.4 Å². The summed E-state index contributed by atoms with van der Waals surface area (Å²) in [5.74, 6) is -4.81. The SMILES string of the molecule is CCC(C)C(NC(=O)C(NC(=O)C(NC(=O)C(N)CC(N)=O)C(C)C)C(C)CC)C(=O)O. The average Bonchev–Trinajstić information content (AvgIpc) is 2.71. The van der Waals surface area contributed by atoms with Crippen molar-refractivity contribution in [2.45, 2.75) is 85.0 Å². The predicted molar refractivity (Wildman–Crippen MR) is 119 cm³/mol. The summed E-state index contributed by atoms with van der Waals surface area (Å²) in [6.45, 7) is 10.5. The molecule has 11 nitrogen and oxygen atoms in total. The molecule has 32 heavy (non-hydrogen) atoms. The fourth-order valence-electron chi connectivity index (χ4n) is 2.98. The molecule has 0 aromatic heterocycles. The number of carboxylic acids is 1. The van der Waals surface area contributed by atoms with Gasteiger partial charge in [0.25, 0.3) is 0 Å². The van der Waals surface area contributed by atoms with E-state index in [1.165, 1.54) is 0 Å². The second-order valence-corrected chi connectivity index (χ2v) is 8.59. The lowest BCUT2D eigenvalue weighted by molar-refractivity contribution is -0.144. The first-order valence-electron chi connectivity index (χ1n) is 10.9. The van der Waals surface area contributed by atoms with Gasteiger partial charge in [0.15, 0.2) is 0 Å². The van der Waals surface area contributed by atoms with Gasteiger partial charge in [-0.05, 0) is 17.8 Å². The summed E-state index contributed by atoms with van der Waals surface area (Å²) in [5, 5.41) is 17.1. The number of carboxylic acid groups (broad SMARTS) is 1. The number of hydrogen-bond acceptors (Lipinski definition) is 6. The molecule has 0 aromatic rings. The number of hydrogen-bond donors (Lipinski definition) is 6. The number of amides is 4. The molecular formula is C21H39N5O6. The lowest BCUT2D eigenvalue weighted by atomic mass is 9.94. The number of carbonyl (C=O) groups is 5. The summed E-state index contributed by atoms with van der Waals surface area (Å²) in [6.07, 6.45) is 0.717. The average molecular weight is 458 g/mol. The summed E-state index contributed by atoms with van der Waals surface area (Å²) in [4.78, 5) is 60.7. The fourth-order valence-corrected chi connectivity index (χ4v) is 2.98. The minimum atomic E-state index is -1.21. The molecule has 0 saturated carbocycles. The second-order valence-electron chi connectivity index (χ2n) is 8.59. The Bertz CT molecular complexity index is 684. The zero-order chi connectivity index (χ0) is 25.2. The molecule has 0 spiro atoms. The Kier molecular flexibility index (Phi) is 12.5. The molecule has 6 atom stereocenters. The van der Waals surface area contributed by atoms with Crippen LogP contribution in [0.4, 0.5) is 0 Å². The van der Waals surface area contributed by atoms with Gasteiger partial charge in [-0.25, -0.2) is 4.79 Å². The Morgan fingerprint density at radius 3 is 1.56 bits per heavy atom. The Labute approximate surface area is 189 Å². The molecule has 0 aliphatic rings. The topological polar surface area (TPSA) is 194 Å². The highest BCUT2D eigenvalue weighted by atomic mass is 16.4. The summed E-state index contributed by atoms with van der Waals surface area (Å²) in [5.41, 5.74) is 10.7. The zero-order valence-corrected chi connectivity index (χ0v) is 19.8. The van der Waals surface area contributed by atoms with Gasteiger partial charge in [-0.15, -0.1) is 0 Å². The van der Waals surface area contributed by atoms with Crippen molar-refractivity contribution in [2.24, 2.45) is 29.2 Å². The van der Waals surface area contributed by atoms with Crippen LogP contribution in [0.5, 0.6) is 0 Å². The van der Waals surface area contributed by atoms with Gasteiger partial charge in [-0.3, -0.25) is 19.2 Å². The summed E-state index contributed by atoms with van der Waals surface area (Å²) in [6, 6.07) is -4.33. The van der Waals surface area contributed by atoms with Gasteiger partial charge in [0, 0.05) is 0 Å². The van der Waals surface area contributed by atoms with E-state index < -0.39 is 53.8 Å². The molecule has 0 aliphatic heterocycles. The van der Waals surface area contributed by atoms with Crippen molar-refractivity contribution in [1.29, 1.82) is 0 Å². The first-order valence-corrected chi connectivity index (χ1v) is 10.9. The van der Waals surface area contributed by atoms with Gasteiger partial charge in [-0.1, -0.05) is 54.4 Å². The van der Waals surface area contributed by atoms with Crippen LogP contribution in [-0.2, 0) is 24.0 Å². The third-order valence-electron chi connectivity index (χ3n) is 5.57. The van der Waals surface area contributed by atoms with Crippen LogP contribution in [0, 0.1) is 17.8 Å². The van der Waals surface area contributed by atoms with E-state index in [2.05, 4.69) is 16.0 Å². The van der Waals surface area contributed by atoms with E-state index in [-0.39, 0.29) is 24.2 Å². The van der Waals surface area contributed by atoms with Crippen LogP contribution in [-0.4, -0.2) is 58.9 Å². The number of carbonyl (C=O) groups excluding carboxylic acids is 4. The van der Waals surface area contributed by atoms with Crippen LogP contribution in [0.3, 0.4) is 0 Å². The molecule has 0 fully saturated rings. The van der Waals surface area contributed by atoms with Gasteiger partial charge >= 0.3 is 5.97 Å². The number of aliphatic carboxylic acids is 1. The Hall–Kier alpha value is -2.69. The van der Waals surface area contributed by atoms with E-state index in [1.807, 2.05) is 13.8 Å². The lowest BCUT2D eigenvalue weighted by Crippen LogP contribution is -2.60. The van der Waals surface area contributed by atoms with Crippen molar-refractivity contribution >= 4 is 29.6 Å². The van der Waals surface area contributed by atoms with Crippen LogP contribution in [0.1, 0.15) is 60.8 Å². The van der Waals surface area contributed by atoms with E-state index in [0.29, 0.717) is 12.8 Å². The van der Waals surface area contributed by atoms with E-state index in [9.17, 15) is 29.1 Å². The van der Waals surface area contributed by atoms with Crippen LogP contribution in [0.15, 0.2) is 0 Å². The number of primary amides is 1. The van der Waals surface area contributed by atoms with E-state index in [4.69, 9.17) is 11.5 Å². The smallest absolute Gasteiger partial charge is 0.326 e. The van der Waals surface area contributed by atoms with Crippen molar-refractivity contribution < 1.29 is 29.1 Å². The molecular weight excluding hydrogens is 418 g/mol. The van der Waals surface area contributed by atoms with E-state index in [1.54, 1.807) is 27.7 Å². The van der Waals surface area contributed by atoms with Crippen molar-refractivity contribution in [3.63, 3.8) is 0 Å². The van der Waals surface area contributed by atoms with Crippen LogP contribution in [0.25, 0.3) is 0 Å². The molecule has 0 saturated heterocycles. The zero-order valence-electron chi connectivity index (χ0n) is 19.8.